The van der Waals surface area contributed by atoms with Gasteiger partial charge in [0.15, 0.2) is 5.75 Å². The number of nitrogens with two attached hydrogens (primary N) is 1. The van der Waals surface area contributed by atoms with Crippen molar-refractivity contribution >= 4 is 37.5 Å². The van der Waals surface area contributed by atoms with Gasteiger partial charge in [-0.05, 0) is 31.9 Å². The number of nitro groups is 1. The minimum atomic E-state index is -0.494. The van der Waals surface area contributed by atoms with Crippen LogP contribution in [-0.2, 0) is 6.54 Å². The van der Waals surface area contributed by atoms with Crippen LogP contribution >= 0.6 is 31.9 Å². The molecule has 0 aliphatic carbocycles. The number of aromatic nitrogens is 2. The molecule has 0 fully saturated rings. The quantitative estimate of drug-likeness (QED) is 0.620. The first-order valence-electron chi connectivity index (χ1n) is 5.33. The van der Waals surface area contributed by atoms with Crippen LogP contribution in [0.4, 0.5) is 5.69 Å². The number of hydrogen-bond acceptors (Lipinski definition) is 6. The predicted molar refractivity (Wildman–Crippen MR) is 78.5 cm³/mol. The normalized spacial score (nSPS) is 10.3. The Morgan fingerprint density at radius 3 is 2.25 bits per heavy atom. The Morgan fingerprint density at radius 2 is 1.80 bits per heavy atom. The molecule has 0 bridgehead atoms. The van der Waals surface area contributed by atoms with E-state index >= 15 is 0 Å². The van der Waals surface area contributed by atoms with Crippen LogP contribution in [0.2, 0.25) is 0 Å². The van der Waals surface area contributed by atoms with Gasteiger partial charge < -0.3 is 10.5 Å². The Kier molecular flexibility index (Phi) is 4.63. The van der Waals surface area contributed by atoms with Gasteiger partial charge >= 0.3 is 6.01 Å². The lowest BCUT2D eigenvalue weighted by Crippen LogP contribution is -2.00. The van der Waals surface area contributed by atoms with E-state index in [0.29, 0.717) is 21.2 Å². The Labute approximate surface area is 130 Å². The van der Waals surface area contributed by atoms with Gasteiger partial charge in [0.1, 0.15) is 0 Å². The summed E-state index contributed by atoms with van der Waals surface area (Å²) in [5.41, 5.74) is 6.16. The van der Waals surface area contributed by atoms with Crippen LogP contribution in [0.5, 0.6) is 11.8 Å². The van der Waals surface area contributed by atoms with Gasteiger partial charge in [-0.15, -0.1) is 0 Å². The van der Waals surface area contributed by atoms with Crippen molar-refractivity contribution in [3.63, 3.8) is 0 Å². The van der Waals surface area contributed by atoms with E-state index in [1.54, 1.807) is 12.4 Å². The highest BCUT2D eigenvalue weighted by molar-refractivity contribution is 9.11. The zero-order valence-electron chi connectivity index (χ0n) is 9.92. The maximum Gasteiger partial charge on any atom is 0.321 e. The molecule has 1 aromatic carbocycles. The third kappa shape index (κ3) is 3.30. The van der Waals surface area contributed by atoms with Crippen molar-refractivity contribution in [2.75, 3.05) is 0 Å². The molecular weight excluding hydrogens is 396 g/mol. The predicted octanol–water partition coefficient (Wildman–Crippen LogP) is 3.16. The summed E-state index contributed by atoms with van der Waals surface area (Å²) < 4.78 is 6.34. The Balaban J connectivity index is 2.30. The maximum atomic E-state index is 10.7. The van der Waals surface area contributed by atoms with Crippen molar-refractivity contribution in [1.29, 1.82) is 0 Å². The van der Waals surface area contributed by atoms with Crippen LogP contribution in [0.25, 0.3) is 0 Å². The van der Waals surface area contributed by atoms with E-state index in [2.05, 4.69) is 41.8 Å². The summed E-state index contributed by atoms with van der Waals surface area (Å²) in [4.78, 5) is 18.2. The largest absolute Gasteiger partial charge is 0.422 e. The van der Waals surface area contributed by atoms with Crippen LogP contribution in [0.15, 0.2) is 33.5 Å². The first kappa shape index (κ1) is 14.8. The van der Waals surface area contributed by atoms with Crippen LogP contribution in [0, 0.1) is 10.1 Å². The summed E-state index contributed by atoms with van der Waals surface area (Å²) in [6.07, 6.45) is 3.10. The van der Waals surface area contributed by atoms with Crippen molar-refractivity contribution in [2.45, 2.75) is 6.54 Å². The standard InChI is InChI=1S/C11H8Br2N4O3/c12-8-1-7(17(18)19)2-9(13)10(8)20-11-15-4-6(3-14)5-16-11/h1-2,4-5H,3,14H2. The van der Waals surface area contributed by atoms with Crippen LogP contribution < -0.4 is 10.5 Å². The van der Waals surface area contributed by atoms with E-state index in [4.69, 9.17) is 10.5 Å². The highest BCUT2D eigenvalue weighted by atomic mass is 79.9. The minimum absolute atomic E-state index is 0.0597. The molecule has 2 aromatic rings. The molecule has 0 aliphatic heterocycles. The van der Waals surface area contributed by atoms with Gasteiger partial charge in [-0.3, -0.25) is 10.1 Å². The SMILES string of the molecule is NCc1cnc(Oc2c(Br)cc([N+](=O)[O-])cc2Br)nc1. The number of rotatable bonds is 4. The number of hydrogen-bond donors (Lipinski definition) is 1. The first-order valence-corrected chi connectivity index (χ1v) is 6.92. The molecule has 0 unspecified atom stereocenters. The topological polar surface area (TPSA) is 104 Å². The molecule has 0 radical (unpaired) electrons. The second-order valence-corrected chi connectivity index (χ2v) is 5.38. The number of ether oxygens (including phenoxy) is 1. The lowest BCUT2D eigenvalue weighted by Gasteiger charge is -2.08. The Bertz CT molecular complexity index is 626. The zero-order valence-corrected chi connectivity index (χ0v) is 13.1. The molecule has 9 heteroatoms. The molecule has 2 N–H and O–H groups in total. The third-order valence-electron chi connectivity index (χ3n) is 2.30. The fourth-order valence-electron chi connectivity index (χ4n) is 1.34. The van der Waals surface area contributed by atoms with Crippen LogP contribution in [0.3, 0.4) is 0 Å². The highest BCUT2D eigenvalue weighted by Crippen LogP contribution is 2.38. The average Bonchev–Trinajstić information content (AvgIpc) is 2.43. The molecule has 104 valence electrons. The van der Waals surface area contributed by atoms with E-state index < -0.39 is 4.92 Å². The van der Waals surface area contributed by atoms with Crippen LogP contribution in [-0.4, -0.2) is 14.9 Å². The van der Waals surface area contributed by atoms with Gasteiger partial charge in [0, 0.05) is 36.6 Å². The molecule has 0 amide bonds. The lowest BCUT2D eigenvalue weighted by molar-refractivity contribution is -0.385. The van der Waals surface area contributed by atoms with Crippen molar-refractivity contribution in [3.8, 4) is 11.8 Å². The first-order chi connectivity index (χ1) is 9.51. The molecule has 0 atom stereocenters. The van der Waals surface area contributed by atoms with Crippen molar-refractivity contribution in [1.82, 2.24) is 9.97 Å². The Hall–Kier alpha value is -1.58. The highest BCUT2D eigenvalue weighted by Gasteiger charge is 2.16. The molecule has 7 nitrogen and oxygen atoms in total. The molecule has 1 heterocycles. The third-order valence-corrected chi connectivity index (χ3v) is 3.48. The summed E-state index contributed by atoms with van der Waals surface area (Å²) in [6, 6.07) is 2.81. The molecule has 20 heavy (non-hydrogen) atoms. The second-order valence-electron chi connectivity index (χ2n) is 3.68. The van der Waals surface area contributed by atoms with Crippen molar-refractivity contribution in [3.05, 3.63) is 49.1 Å². The summed E-state index contributed by atoms with van der Waals surface area (Å²) >= 11 is 6.43. The second kappa shape index (κ2) is 6.25. The lowest BCUT2D eigenvalue weighted by atomic mass is 10.3. The number of nitrogens with zero attached hydrogens (tertiary/aromatic N) is 3. The van der Waals surface area contributed by atoms with E-state index in [1.165, 1.54) is 12.1 Å². The maximum absolute atomic E-state index is 10.7. The fraction of sp³-hybridized carbons (Fsp3) is 0.0909. The number of nitro benzene ring substituents is 1. The molecule has 0 aliphatic rings. The molecular formula is C11H8Br2N4O3. The van der Waals surface area contributed by atoms with Gasteiger partial charge in [-0.25, -0.2) is 9.97 Å². The van der Waals surface area contributed by atoms with Gasteiger partial charge in [0.25, 0.3) is 5.69 Å². The van der Waals surface area contributed by atoms with Gasteiger partial charge in [0.2, 0.25) is 0 Å². The summed E-state index contributed by atoms with van der Waals surface area (Å²) in [5.74, 6) is 0.357. The molecule has 0 saturated heterocycles. The average molecular weight is 404 g/mol. The molecule has 1 aromatic heterocycles. The summed E-state index contributed by atoms with van der Waals surface area (Å²) in [5, 5.41) is 10.7. The van der Waals surface area contributed by atoms with E-state index in [0.717, 1.165) is 5.56 Å². The minimum Gasteiger partial charge on any atom is -0.422 e. The van der Waals surface area contributed by atoms with Crippen LogP contribution in [0.1, 0.15) is 5.56 Å². The number of non-ortho nitro benzene ring substituents is 1. The molecule has 2 rings (SSSR count). The van der Waals surface area contributed by atoms with E-state index in [-0.39, 0.29) is 11.7 Å². The van der Waals surface area contributed by atoms with Crippen molar-refractivity contribution in [2.24, 2.45) is 5.73 Å². The van der Waals surface area contributed by atoms with E-state index in [9.17, 15) is 10.1 Å². The van der Waals surface area contributed by atoms with Gasteiger partial charge in [-0.2, -0.15) is 0 Å². The number of halogens is 2. The summed E-state index contributed by atoms with van der Waals surface area (Å²) in [7, 11) is 0. The smallest absolute Gasteiger partial charge is 0.321 e. The van der Waals surface area contributed by atoms with E-state index in [1.807, 2.05) is 0 Å². The van der Waals surface area contributed by atoms with Gasteiger partial charge in [0.05, 0.1) is 13.9 Å². The fourth-order valence-corrected chi connectivity index (χ4v) is 2.67. The molecule has 0 saturated carbocycles. The molecule has 0 spiro atoms. The Morgan fingerprint density at radius 1 is 1.25 bits per heavy atom. The zero-order chi connectivity index (χ0) is 14.7. The van der Waals surface area contributed by atoms with Crippen molar-refractivity contribution < 1.29 is 9.66 Å². The number of benzene rings is 1. The summed E-state index contributed by atoms with van der Waals surface area (Å²) in [6.45, 7) is 0.338. The van der Waals surface area contributed by atoms with Gasteiger partial charge in [-0.1, -0.05) is 0 Å². The monoisotopic (exact) mass is 402 g/mol.